The maximum Gasteiger partial charge on any atom is 0.229 e. The van der Waals surface area contributed by atoms with E-state index in [0.29, 0.717) is 17.5 Å². The minimum Gasteiger partial charge on any atom is -0.326 e. The Labute approximate surface area is 152 Å². The van der Waals surface area contributed by atoms with E-state index in [1.54, 1.807) is 23.1 Å². The van der Waals surface area contributed by atoms with E-state index in [4.69, 9.17) is 11.6 Å². The molecule has 0 spiro atoms. The topological polar surface area (TPSA) is 49.4 Å². The Bertz CT molecular complexity index is 787. The number of amides is 2. The Morgan fingerprint density at radius 3 is 2.56 bits per heavy atom. The van der Waals surface area contributed by atoms with Crippen molar-refractivity contribution in [3.63, 3.8) is 0 Å². The lowest BCUT2D eigenvalue weighted by Crippen LogP contribution is -2.28. The molecular formula is C20H21ClN2O2. The number of hydrogen-bond donors (Lipinski definition) is 1. The van der Waals surface area contributed by atoms with Gasteiger partial charge in [-0.3, -0.25) is 9.59 Å². The highest BCUT2D eigenvalue weighted by molar-refractivity contribution is 6.31. The second kappa shape index (κ2) is 7.28. The molecule has 4 nitrogen and oxygen atoms in total. The zero-order chi connectivity index (χ0) is 18.0. The van der Waals surface area contributed by atoms with Crippen molar-refractivity contribution in [2.75, 3.05) is 16.8 Å². The summed E-state index contributed by atoms with van der Waals surface area (Å²) >= 11 is 5.99. The summed E-state index contributed by atoms with van der Waals surface area (Å²) in [7, 11) is 0. The van der Waals surface area contributed by atoms with Crippen molar-refractivity contribution in [3.05, 3.63) is 59.1 Å². The number of anilines is 2. The first-order chi connectivity index (χ1) is 11.9. The number of nitrogens with zero attached hydrogens (tertiary/aromatic N) is 1. The highest BCUT2D eigenvalue weighted by atomic mass is 35.5. The maximum atomic E-state index is 12.5. The third kappa shape index (κ3) is 4.02. The van der Waals surface area contributed by atoms with E-state index in [1.165, 1.54) is 5.56 Å². The lowest BCUT2D eigenvalue weighted by atomic mass is 10.0. The van der Waals surface area contributed by atoms with Crippen LogP contribution in [-0.4, -0.2) is 18.4 Å². The molecule has 0 aliphatic carbocycles. The van der Waals surface area contributed by atoms with Gasteiger partial charge in [0.15, 0.2) is 0 Å². The van der Waals surface area contributed by atoms with Crippen LogP contribution in [0.4, 0.5) is 11.4 Å². The Kier molecular flexibility index (Phi) is 5.09. The Morgan fingerprint density at radius 1 is 1.20 bits per heavy atom. The molecule has 0 radical (unpaired) electrons. The fourth-order valence-electron chi connectivity index (χ4n) is 2.97. The van der Waals surface area contributed by atoms with Gasteiger partial charge in [0, 0.05) is 29.4 Å². The molecule has 1 fully saturated rings. The Morgan fingerprint density at radius 2 is 1.92 bits per heavy atom. The SMILES string of the molecule is CC(C)c1ccc(NC(=O)C2CC(=O)N(c3cccc(Cl)c3)C2)cc1. The molecule has 1 atom stereocenters. The smallest absolute Gasteiger partial charge is 0.229 e. The van der Waals surface area contributed by atoms with E-state index in [-0.39, 0.29) is 24.2 Å². The molecule has 2 aromatic rings. The van der Waals surface area contributed by atoms with Gasteiger partial charge >= 0.3 is 0 Å². The fourth-order valence-corrected chi connectivity index (χ4v) is 3.16. The van der Waals surface area contributed by atoms with E-state index in [9.17, 15) is 9.59 Å². The van der Waals surface area contributed by atoms with E-state index in [0.717, 1.165) is 11.4 Å². The van der Waals surface area contributed by atoms with Gasteiger partial charge in [-0.1, -0.05) is 43.6 Å². The number of rotatable bonds is 4. The summed E-state index contributed by atoms with van der Waals surface area (Å²) in [6, 6.07) is 15.0. The Balaban J connectivity index is 1.66. The minimum atomic E-state index is -0.365. The van der Waals surface area contributed by atoms with Crippen LogP contribution < -0.4 is 10.2 Å². The van der Waals surface area contributed by atoms with Gasteiger partial charge in [0.1, 0.15) is 0 Å². The van der Waals surface area contributed by atoms with Gasteiger partial charge in [0.05, 0.1) is 5.92 Å². The summed E-state index contributed by atoms with van der Waals surface area (Å²) in [6.45, 7) is 4.62. The lowest BCUT2D eigenvalue weighted by molar-refractivity contribution is -0.122. The quantitative estimate of drug-likeness (QED) is 0.879. The van der Waals surface area contributed by atoms with E-state index < -0.39 is 0 Å². The molecule has 1 aliphatic heterocycles. The molecule has 3 rings (SSSR count). The van der Waals surface area contributed by atoms with Crippen LogP contribution in [0.25, 0.3) is 0 Å². The number of hydrogen-bond acceptors (Lipinski definition) is 2. The van der Waals surface area contributed by atoms with E-state index in [1.807, 2.05) is 30.3 Å². The van der Waals surface area contributed by atoms with Gasteiger partial charge in [-0.05, 0) is 41.8 Å². The first kappa shape index (κ1) is 17.5. The first-order valence-corrected chi connectivity index (χ1v) is 8.78. The molecule has 2 amide bonds. The molecule has 1 N–H and O–H groups in total. The van der Waals surface area contributed by atoms with Gasteiger partial charge in [-0.25, -0.2) is 0 Å². The van der Waals surface area contributed by atoms with Crippen molar-refractivity contribution in [3.8, 4) is 0 Å². The summed E-state index contributed by atoms with van der Waals surface area (Å²) in [4.78, 5) is 26.4. The average Bonchev–Trinajstić information content (AvgIpc) is 2.97. The highest BCUT2D eigenvalue weighted by Crippen LogP contribution is 2.28. The van der Waals surface area contributed by atoms with Crippen LogP contribution in [0.2, 0.25) is 5.02 Å². The molecule has 5 heteroatoms. The zero-order valence-electron chi connectivity index (χ0n) is 14.3. The second-order valence-corrected chi connectivity index (χ2v) is 7.09. The third-order valence-corrected chi connectivity index (χ3v) is 4.70. The molecule has 0 bridgehead atoms. The molecule has 1 aliphatic rings. The number of carbonyl (C=O) groups excluding carboxylic acids is 2. The van der Waals surface area contributed by atoms with Crippen molar-refractivity contribution < 1.29 is 9.59 Å². The van der Waals surface area contributed by atoms with Gasteiger partial charge in [-0.15, -0.1) is 0 Å². The first-order valence-electron chi connectivity index (χ1n) is 8.41. The predicted octanol–water partition coefficient (Wildman–Crippen LogP) is 4.46. The van der Waals surface area contributed by atoms with Crippen LogP contribution in [0.1, 0.15) is 31.7 Å². The van der Waals surface area contributed by atoms with Crippen LogP contribution in [0.5, 0.6) is 0 Å². The number of benzene rings is 2. The van der Waals surface area contributed by atoms with Crippen LogP contribution in [-0.2, 0) is 9.59 Å². The summed E-state index contributed by atoms with van der Waals surface area (Å²) in [5.41, 5.74) is 2.71. The minimum absolute atomic E-state index is 0.0578. The van der Waals surface area contributed by atoms with E-state index in [2.05, 4.69) is 19.2 Å². The predicted molar refractivity (Wildman–Crippen MR) is 101 cm³/mol. The fraction of sp³-hybridized carbons (Fsp3) is 0.300. The number of nitrogens with one attached hydrogen (secondary N) is 1. The van der Waals surface area contributed by atoms with Crippen LogP contribution in [0, 0.1) is 5.92 Å². The van der Waals surface area contributed by atoms with Gasteiger partial charge < -0.3 is 10.2 Å². The molecule has 25 heavy (non-hydrogen) atoms. The lowest BCUT2D eigenvalue weighted by Gasteiger charge is -2.17. The molecule has 0 saturated carbocycles. The van der Waals surface area contributed by atoms with E-state index >= 15 is 0 Å². The molecule has 1 unspecified atom stereocenters. The summed E-state index contributed by atoms with van der Waals surface area (Å²) < 4.78 is 0. The van der Waals surface area contributed by atoms with Crippen molar-refractivity contribution in [1.29, 1.82) is 0 Å². The van der Waals surface area contributed by atoms with Gasteiger partial charge in [0.25, 0.3) is 0 Å². The average molecular weight is 357 g/mol. The van der Waals surface area contributed by atoms with Gasteiger partial charge in [-0.2, -0.15) is 0 Å². The molecule has 1 saturated heterocycles. The van der Waals surface area contributed by atoms with Crippen molar-refractivity contribution in [1.82, 2.24) is 0 Å². The zero-order valence-corrected chi connectivity index (χ0v) is 15.1. The number of halogens is 1. The van der Waals surface area contributed by atoms with Crippen LogP contribution in [0.15, 0.2) is 48.5 Å². The Hall–Kier alpha value is -2.33. The van der Waals surface area contributed by atoms with Crippen molar-refractivity contribution >= 4 is 34.8 Å². The maximum absolute atomic E-state index is 12.5. The van der Waals surface area contributed by atoms with Crippen LogP contribution >= 0.6 is 11.6 Å². The van der Waals surface area contributed by atoms with Crippen molar-refractivity contribution in [2.45, 2.75) is 26.2 Å². The standard InChI is InChI=1S/C20H21ClN2O2/c1-13(2)14-6-8-17(9-7-14)22-20(25)15-10-19(24)23(12-15)18-5-3-4-16(21)11-18/h3-9,11,13,15H,10,12H2,1-2H3,(H,22,25). The summed E-state index contributed by atoms with van der Waals surface area (Å²) in [6.07, 6.45) is 0.211. The molecule has 130 valence electrons. The molecular weight excluding hydrogens is 336 g/mol. The molecule has 0 aromatic heterocycles. The van der Waals surface area contributed by atoms with Crippen LogP contribution in [0.3, 0.4) is 0 Å². The second-order valence-electron chi connectivity index (χ2n) is 6.65. The van der Waals surface area contributed by atoms with Gasteiger partial charge in [0.2, 0.25) is 11.8 Å². The molecule has 1 heterocycles. The summed E-state index contributed by atoms with van der Waals surface area (Å²) in [5, 5.41) is 3.48. The monoisotopic (exact) mass is 356 g/mol. The largest absolute Gasteiger partial charge is 0.326 e. The number of carbonyl (C=O) groups is 2. The highest BCUT2D eigenvalue weighted by Gasteiger charge is 2.35. The summed E-state index contributed by atoms with van der Waals surface area (Å²) in [5.74, 6) is -0.104. The normalized spacial score (nSPS) is 17.2. The third-order valence-electron chi connectivity index (χ3n) is 4.46. The molecule has 2 aromatic carbocycles. The van der Waals surface area contributed by atoms with Crippen molar-refractivity contribution in [2.24, 2.45) is 5.92 Å².